The highest BCUT2D eigenvalue weighted by Gasteiger charge is 2.41. The summed E-state index contributed by atoms with van der Waals surface area (Å²) in [5.74, 6) is 0.634. The number of rotatable bonds is 5. The lowest BCUT2D eigenvalue weighted by atomic mass is 9.64. The maximum absolute atomic E-state index is 12.0. The molecule has 1 atom stereocenters. The minimum Gasteiger partial charge on any atom is -0.489 e. The largest absolute Gasteiger partial charge is 0.489 e. The van der Waals surface area contributed by atoms with Gasteiger partial charge >= 0.3 is 0 Å². The molecule has 0 bridgehead atoms. The molecule has 158 valence electrons. The molecule has 0 aliphatic heterocycles. The lowest BCUT2D eigenvalue weighted by molar-refractivity contribution is 0.104. The van der Waals surface area contributed by atoms with E-state index in [0.717, 1.165) is 42.0 Å². The van der Waals surface area contributed by atoms with Crippen LogP contribution >= 0.6 is 27.5 Å². The van der Waals surface area contributed by atoms with Crippen LogP contribution in [0.3, 0.4) is 0 Å². The van der Waals surface area contributed by atoms with Gasteiger partial charge in [-0.2, -0.15) is 0 Å². The van der Waals surface area contributed by atoms with E-state index in [9.17, 15) is 4.79 Å². The summed E-state index contributed by atoms with van der Waals surface area (Å²) in [5, 5.41) is 1.86. The quantitative estimate of drug-likeness (QED) is 0.466. The number of hydrogen-bond donors (Lipinski definition) is 2. The van der Waals surface area contributed by atoms with Crippen LogP contribution in [0.15, 0.2) is 57.9 Å². The molecule has 3 N–H and O–H groups in total. The van der Waals surface area contributed by atoms with Gasteiger partial charge in [-0.1, -0.05) is 46.6 Å². The summed E-state index contributed by atoms with van der Waals surface area (Å²) in [4.78, 5) is 14.7. The number of ether oxygens (including phenoxy) is 1. The van der Waals surface area contributed by atoms with Crippen LogP contribution in [0.2, 0.25) is 5.02 Å². The van der Waals surface area contributed by atoms with Crippen molar-refractivity contribution in [2.24, 2.45) is 5.73 Å². The van der Waals surface area contributed by atoms with Crippen LogP contribution in [0.5, 0.6) is 5.75 Å². The molecule has 2 aromatic carbocycles. The number of nitrogens with one attached hydrogen (secondary N) is 1. The summed E-state index contributed by atoms with van der Waals surface area (Å²) in [6.07, 6.45) is 6.40. The number of hydrogen-bond acceptors (Lipinski definition) is 3. The maximum Gasteiger partial charge on any atom is 0.255 e. The topological polar surface area (TPSA) is 68.1 Å². The summed E-state index contributed by atoms with van der Waals surface area (Å²) in [5.41, 5.74) is 7.76. The van der Waals surface area contributed by atoms with Gasteiger partial charge in [0.25, 0.3) is 5.56 Å². The normalized spacial score (nSPS) is 22.7. The van der Waals surface area contributed by atoms with Crippen LogP contribution in [0, 0.1) is 0 Å². The molecule has 1 heterocycles. The lowest BCUT2D eigenvalue weighted by Crippen LogP contribution is -2.48. The molecule has 3 aromatic rings. The molecular formula is C24H26BrClN2O2. The smallest absolute Gasteiger partial charge is 0.255 e. The molecule has 1 aliphatic carbocycles. The standard InChI is InChI=1S/C24H26BrClN2O2/c1-2-22(27)24(16-4-3-5-17(25)13-16)9-6-18(7-10-24)30-21-12-15-8-11-28-23(29)19(15)14-20(21)26/h3-5,8,11-14,18,22H,2,6-7,9-10,27H2,1H3,(H,28,29)/t18-,22?,24-. The van der Waals surface area contributed by atoms with Crippen molar-refractivity contribution in [3.8, 4) is 5.75 Å². The monoisotopic (exact) mass is 488 g/mol. The molecule has 30 heavy (non-hydrogen) atoms. The van der Waals surface area contributed by atoms with E-state index in [4.69, 9.17) is 22.1 Å². The third-order valence-corrected chi connectivity index (χ3v) is 7.28. The summed E-state index contributed by atoms with van der Waals surface area (Å²) >= 11 is 10.0. The van der Waals surface area contributed by atoms with Crippen molar-refractivity contribution in [1.29, 1.82) is 0 Å². The van der Waals surface area contributed by atoms with Gasteiger partial charge < -0.3 is 15.5 Å². The van der Waals surface area contributed by atoms with E-state index in [0.29, 0.717) is 16.2 Å². The second-order valence-corrected chi connectivity index (χ2v) is 9.50. The summed E-state index contributed by atoms with van der Waals surface area (Å²) < 4.78 is 7.39. The first-order valence-electron chi connectivity index (χ1n) is 10.4. The molecule has 1 aromatic heterocycles. The Bertz CT molecular complexity index is 1110. The zero-order valence-corrected chi connectivity index (χ0v) is 19.3. The van der Waals surface area contributed by atoms with Crippen LogP contribution in [0.4, 0.5) is 0 Å². The summed E-state index contributed by atoms with van der Waals surface area (Å²) in [6.45, 7) is 2.16. The minimum absolute atomic E-state index is 0.0428. The van der Waals surface area contributed by atoms with Crippen molar-refractivity contribution in [2.75, 3.05) is 0 Å². The fourth-order valence-electron chi connectivity index (χ4n) is 4.75. The van der Waals surface area contributed by atoms with Crippen molar-refractivity contribution >= 4 is 38.3 Å². The van der Waals surface area contributed by atoms with Crippen LogP contribution in [0.25, 0.3) is 10.8 Å². The third-order valence-electron chi connectivity index (χ3n) is 6.49. The maximum atomic E-state index is 12.0. The Morgan fingerprint density at radius 3 is 2.73 bits per heavy atom. The van der Waals surface area contributed by atoms with Gasteiger partial charge in [-0.25, -0.2) is 0 Å². The SMILES string of the molecule is CCC(N)[C@]1(c2cccc(Br)c2)CC[C@@H](Oc2cc3cc[nH]c(=O)c3cc2Cl)CC1. The van der Waals surface area contributed by atoms with Crippen molar-refractivity contribution in [2.45, 2.75) is 56.6 Å². The van der Waals surface area contributed by atoms with E-state index in [-0.39, 0.29) is 23.1 Å². The predicted molar refractivity (Wildman–Crippen MR) is 127 cm³/mol. The highest BCUT2D eigenvalue weighted by Crippen LogP contribution is 2.44. The molecule has 0 radical (unpaired) electrons. The molecule has 1 fully saturated rings. The molecule has 1 aliphatic rings. The van der Waals surface area contributed by atoms with Gasteiger partial charge in [0, 0.05) is 27.5 Å². The first-order valence-corrected chi connectivity index (χ1v) is 11.6. The van der Waals surface area contributed by atoms with E-state index < -0.39 is 0 Å². The second-order valence-electron chi connectivity index (χ2n) is 8.18. The highest BCUT2D eigenvalue weighted by atomic mass is 79.9. The molecule has 1 unspecified atom stereocenters. The van der Waals surface area contributed by atoms with Gasteiger partial charge in [0.1, 0.15) is 5.75 Å². The molecule has 1 saturated carbocycles. The van der Waals surface area contributed by atoms with Gasteiger partial charge in [0.2, 0.25) is 0 Å². The highest BCUT2D eigenvalue weighted by molar-refractivity contribution is 9.10. The zero-order valence-electron chi connectivity index (χ0n) is 17.0. The van der Waals surface area contributed by atoms with Gasteiger partial charge in [-0.3, -0.25) is 4.79 Å². The Morgan fingerprint density at radius 1 is 1.27 bits per heavy atom. The molecule has 4 rings (SSSR count). The molecule has 0 saturated heterocycles. The molecule has 6 heteroatoms. The number of halogens is 2. The average molecular weight is 490 g/mol. The van der Waals surface area contributed by atoms with Crippen molar-refractivity contribution in [3.05, 3.63) is 74.1 Å². The van der Waals surface area contributed by atoms with Crippen LogP contribution in [0.1, 0.15) is 44.6 Å². The molecular weight excluding hydrogens is 464 g/mol. The minimum atomic E-state index is -0.147. The summed E-state index contributed by atoms with van der Waals surface area (Å²) in [7, 11) is 0. The number of pyridine rings is 1. The Balaban J connectivity index is 1.55. The zero-order chi connectivity index (χ0) is 21.3. The third kappa shape index (κ3) is 4.03. The van der Waals surface area contributed by atoms with Gasteiger partial charge in [-0.15, -0.1) is 0 Å². The van der Waals surface area contributed by atoms with E-state index in [2.05, 4.69) is 52.1 Å². The number of H-pyrrole nitrogens is 1. The number of aromatic amines is 1. The van der Waals surface area contributed by atoms with Crippen molar-refractivity contribution in [3.63, 3.8) is 0 Å². The molecule has 0 amide bonds. The fourth-order valence-corrected chi connectivity index (χ4v) is 5.35. The number of fused-ring (bicyclic) bond motifs is 1. The van der Waals surface area contributed by atoms with Gasteiger partial charge in [0.15, 0.2) is 0 Å². The summed E-state index contributed by atoms with van der Waals surface area (Å²) in [6, 6.07) is 14.0. The fraction of sp³-hybridized carbons (Fsp3) is 0.375. The average Bonchev–Trinajstić information content (AvgIpc) is 2.75. The van der Waals surface area contributed by atoms with E-state index in [1.54, 1.807) is 12.3 Å². The first kappa shape index (κ1) is 21.4. The van der Waals surface area contributed by atoms with Gasteiger partial charge in [0.05, 0.1) is 11.1 Å². The molecule has 4 nitrogen and oxygen atoms in total. The number of aromatic nitrogens is 1. The Kier molecular flexibility index (Phi) is 6.24. The Morgan fingerprint density at radius 2 is 2.03 bits per heavy atom. The van der Waals surface area contributed by atoms with E-state index in [1.807, 2.05) is 12.1 Å². The van der Waals surface area contributed by atoms with Crippen molar-refractivity contribution in [1.82, 2.24) is 4.98 Å². The predicted octanol–water partition coefficient (Wildman–Crippen LogP) is 5.94. The van der Waals surface area contributed by atoms with Crippen LogP contribution < -0.4 is 16.0 Å². The van der Waals surface area contributed by atoms with E-state index >= 15 is 0 Å². The van der Waals surface area contributed by atoms with Crippen LogP contribution in [-0.4, -0.2) is 17.1 Å². The number of nitrogens with two attached hydrogens (primary N) is 1. The van der Waals surface area contributed by atoms with Gasteiger partial charge in [-0.05, 0) is 73.4 Å². The number of benzene rings is 2. The Labute approximate surface area is 189 Å². The van der Waals surface area contributed by atoms with Crippen LogP contribution in [-0.2, 0) is 5.41 Å². The second kappa shape index (κ2) is 8.74. The lowest BCUT2D eigenvalue weighted by Gasteiger charge is -2.44. The van der Waals surface area contributed by atoms with Crippen molar-refractivity contribution < 1.29 is 4.74 Å². The Hall–Kier alpha value is -1.82. The van der Waals surface area contributed by atoms with E-state index in [1.165, 1.54) is 5.56 Å². The first-order chi connectivity index (χ1) is 14.4. The molecule has 0 spiro atoms.